The summed E-state index contributed by atoms with van der Waals surface area (Å²) in [6.07, 6.45) is 3.74. The maximum atomic E-state index is 5.87. The average Bonchev–Trinajstić information content (AvgIpc) is 3.26. The van der Waals surface area contributed by atoms with Crippen LogP contribution in [0, 0.1) is 11.8 Å². The van der Waals surface area contributed by atoms with Crippen molar-refractivity contribution in [1.29, 1.82) is 0 Å². The highest BCUT2D eigenvalue weighted by atomic mass is 15.1. The topological polar surface area (TPSA) is 50.4 Å². The second-order valence-corrected chi connectivity index (χ2v) is 5.90. The van der Waals surface area contributed by atoms with Gasteiger partial charge in [0.2, 0.25) is 0 Å². The molecule has 0 aliphatic heterocycles. The maximum absolute atomic E-state index is 5.87. The number of hydrogen-bond acceptors (Lipinski definition) is 1. The van der Waals surface area contributed by atoms with Gasteiger partial charge in [0.15, 0.2) is 5.96 Å². The number of nitrogens with one attached hydrogen (secondary N) is 1. The number of aliphatic imine (C=N–C) groups is 1. The molecule has 0 amide bonds. The molecular weight excluding hydrogens is 222 g/mol. The molecule has 2 saturated carbocycles. The van der Waals surface area contributed by atoms with Crippen LogP contribution in [0.1, 0.15) is 29.9 Å². The number of rotatable bonds is 3. The van der Waals surface area contributed by atoms with E-state index in [1.165, 1.54) is 19.3 Å². The Morgan fingerprint density at radius 1 is 1.33 bits per heavy atom. The number of hydrogen-bond donors (Lipinski definition) is 2. The van der Waals surface area contributed by atoms with E-state index in [2.05, 4.69) is 34.6 Å². The highest BCUT2D eigenvalue weighted by Gasteiger charge is 2.54. The number of nitrogens with two attached hydrogens (primary N) is 1. The SMILES string of the molecule is NC(=NCC1C2Cc3ccccc3C12)NC1CC1. The Balaban J connectivity index is 1.39. The van der Waals surface area contributed by atoms with E-state index in [9.17, 15) is 0 Å². The molecule has 3 aliphatic carbocycles. The summed E-state index contributed by atoms with van der Waals surface area (Å²) in [7, 11) is 0. The van der Waals surface area contributed by atoms with Gasteiger partial charge in [-0.2, -0.15) is 0 Å². The Morgan fingerprint density at radius 2 is 2.17 bits per heavy atom. The third-order valence-electron chi connectivity index (χ3n) is 4.60. The average molecular weight is 241 g/mol. The van der Waals surface area contributed by atoms with Crippen molar-refractivity contribution < 1.29 is 0 Å². The van der Waals surface area contributed by atoms with Gasteiger partial charge in [-0.1, -0.05) is 24.3 Å². The molecular formula is C15H19N3. The number of guanidine groups is 1. The van der Waals surface area contributed by atoms with Gasteiger partial charge in [0.1, 0.15) is 0 Å². The lowest BCUT2D eigenvalue weighted by Gasteiger charge is -2.06. The number of benzene rings is 1. The molecule has 3 aliphatic rings. The van der Waals surface area contributed by atoms with Crippen molar-refractivity contribution in [3.05, 3.63) is 35.4 Å². The van der Waals surface area contributed by atoms with Crippen molar-refractivity contribution in [2.75, 3.05) is 6.54 Å². The fourth-order valence-corrected chi connectivity index (χ4v) is 3.42. The highest BCUT2D eigenvalue weighted by molar-refractivity contribution is 5.78. The summed E-state index contributed by atoms with van der Waals surface area (Å²) in [6, 6.07) is 9.46. The van der Waals surface area contributed by atoms with Crippen LogP contribution in [0.3, 0.4) is 0 Å². The summed E-state index contributed by atoms with van der Waals surface area (Å²) in [5.74, 6) is 2.98. The summed E-state index contributed by atoms with van der Waals surface area (Å²) >= 11 is 0. The fourth-order valence-electron chi connectivity index (χ4n) is 3.42. The molecule has 1 aromatic rings. The lowest BCUT2D eigenvalue weighted by Crippen LogP contribution is -2.33. The first-order valence-electron chi connectivity index (χ1n) is 6.97. The van der Waals surface area contributed by atoms with Crippen molar-refractivity contribution in [3.8, 4) is 0 Å². The Labute approximate surface area is 107 Å². The number of fused-ring (bicyclic) bond motifs is 3. The zero-order chi connectivity index (χ0) is 12.1. The molecule has 0 aromatic heterocycles. The van der Waals surface area contributed by atoms with Crippen LogP contribution >= 0.6 is 0 Å². The molecule has 0 heterocycles. The molecule has 3 atom stereocenters. The first-order chi connectivity index (χ1) is 8.83. The third kappa shape index (κ3) is 1.69. The summed E-state index contributed by atoms with van der Waals surface area (Å²) in [5.41, 5.74) is 8.99. The van der Waals surface area contributed by atoms with Gasteiger partial charge in [-0.25, -0.2) is 0 Å². The Bertz CT molecular complexity index is 504. The van der Waals surface area contributed by atoms with Gasteiger partial charge < -0.3 is 11.1 Å². The van der Waals surface area contributed by atoms with Gasteiger partial charge in [-0.05, 0) is 48.1 Å². The molecule has 3 N–H and O–H groups in total. The largest absolute Gasteiger partial charge is 0.370 e. The molecule has 4 rings (SSSR count). The molecule has 3 nitrogen and oxygen atoms in total. The molecule has 1 aromatic carbocycles. The summed E-state index contributed by atoms with van der Waals surface area (Å²) in [6.45, 7) is 0.898. The van der Waals surface area contributed by atoms with Crippen molar-refractivity contribution in [1.82, 2.24) is 5.32 Å². The van der Waals surface area contributed by atoms with E-state index in [1.54, 1.807) is 11.1 Å². The number of nitrogens with zero attached hydrogens (tertiary/aromatic N) is 1. The van der Waals surface area contributed by atoms with E-state index in [4.69, 9.17) is 5.73 Å². The van der Waals surface area contributed by atoms with Crippen LogP contribution in [0.5, 0.6) is 0 Å². The zero-order valence-corrected chi connectivity index (χ0v) is 10.5. The first kappa shape index (κ1) is 10.4. The summed E-state index contributed by atoms with van der Waals surface area (Å²) in [5, 5.41) is 3.25. The molecule has 3 heteroatoms. The van der Waals surface area contributed by atoms with Crippen molar-refractivity contribution >= 4 is 5.96 Å². The quantitative estimate of drug-likeness (QED) is 0.624. The van der Waals surface area contributed by atoms with Crippen molar-refractivity contribution in [2.24, 2.45) is 22.6 Å². The highest BCUT2D eigenvalue weighted by Crippen LogP contribution is 2.61. The third-order valence-corrected chi connectivity index (χ3v) is 4.60. The second-order valence-electron chi connectivity index (χ2n) is 5.90. The second kappa shape index (κ2) is 3.74. The fraction of sp³-hybridized carbons (Fsp3) is 0.533. The Kier molecular flexibility index (Phi) is 2.16. The molecule has 0 bridgehead atoms. The molecule has 94 valence electrons. The normalized spacial score (nSPS) is 32.9. The molecule has 18 heavy (non-hydrogen) atoms. The van der Waals surface area contributed by atoms with E-state index in [1.807, 2.05) is 0 Å². The molecule has 0 radical (unpaired) electrons. The van der Waals surface area contributed by atoms with Gasteiger partial charge in [0.05, 0.1) is 0 Å². The van der Waals surface area contributed by atoms with Crippen LogP contribution in [0.25, 0.3) is 0 Å². The smallest absolute Gasteiger partial charge is 0.188 e. The van der Waals surface area contributed by atoms with Crippen molar-refractivity contribution in [3.63, 3.8) is 0 Å². The van der Waals surface area contributed by atoms with Gasteiger partial charge >= 0.3 is 0 Å². The monoisotopic (exact) mass is 241 g/mol. The van der Waals surface area contributed by atoms with Crippen LogP contribution in [-0.2, 0) is 6.42 Å². The predicted octanol–water partition coefficient (Wildman–Crippen LogP) is 1.64. The summed E-state index contributed by atoms with van der Waals surface area (Å²) < 4.78 is 0. The lowest BCUT2D eigenvalue weighted by atomic mass is 10.0. The minimum Gasteiger partial charge on any atom is -0.370 e. The molecule has 0 saturated heterocycles. The van der Waals surface area contributed by atoms with E-state index in [0.717, 1.165) is 24.3 Å². The molecule has 0 spiro atoms. The Hall–Kier alpha value is -1.51. The van der Waals surface area contributed by atoms with Crippen LogP contribution in [0.2, 0.25) is 0 Å². The summed E-state index contributed by atoms with van der Waals surface area (Å²) in [4.78, 5) is 4.51. The minimum absolute atomic E-state index is 0.605. The van der Waals surface area contributed by atoms with E-state index >= 15 is 0 Å². The standard InChI is InChI=1S/C15H19N3/c16-15(18-10-5-6-10)17-8-13-12-7-9-3-1-2-4-11(9)14(12)13/h1-4,10,12-14H,5-8H2,(H3,16,17,18). The van der Waals surface area contributed by atoms with Crippen LogP contribution in [-0.4, -0.2) is 18.5 Å². The zero-order valence-electron chi connectivity index (χ0n) is 10.5. The van der Waals surface area contributed by atoms with Gasteiger partial charge in [-0.15, -0.1) is 0 Å². The molecule has 3 unspecified atom stereocenters. The Morgan fingerprint density at radius 3 is 3.00 bits per heavy atom. The van der Waals surface area contributed by atoms with Crippen LogP contribution < -0.4 is 11.1 Å². The van der Waals surface area contributed by atoms with Crippen LogP contribution in [0.15, 0.2) is 29.3 Å². The van der Waals surface area contributed by atoms with Crippen LogP contribution in [0.4, 0.5) is 0 Å². The van der Waals surface area contributed by atoms with E-state index < -0.39 is 0 Å². The van der Waals surface area contributed by atoms with E-state index in [0.29, 0.717) is 12.0 Å². The van der Waals surface area contributed by atoms with Gasteiger partial charge in [-0.3, -0.25) is 4.99 Å². The minimum atomic E-state index is 0.605. The van der Waals surface area contributed by atoms with Gasteiger partial charge in [0.25, 0.3) is 0 Å². The predicted molar refractivity (Wildman–Crippen MR) is 72.5 cm³/mol. The maximum Gasteiger partial charge on any atom is 0.188 e. The van der Waals surface area contributed by atoms with E-state index in [-0.39, 0.29) is 0 Å². The lowest BCUT2D eigenvalue weighted by molar-refractivity contribution is 0.697. The van der Waals surface area contributed by atoms with Gasteiger partial charge in [0, 0.05) is 12.6 Å². The van der Waals surface area contributed by atoms with Crippen molar-refractivity contribution in [2.45, 2.75) is 31.2 Å². The first-order valence-corrected chi connectivity index (χ1v) is 6.97. The molecule has 2 fully saturated rings.